The highest BCUT2D eigenvalue weighted by molar-refractivity contribution is 6.30. The molecule has 0 aliphatic heterocycles. The van der Waals surface area contributed by atoms with E-state index in [1.807, 2.05) is 26.2 Å². The fourth-order valence-corrected chi connectivity index (χ4v) is 4.79. The van der Waals surface area contributed by atoms with Crippen LogP contribution in [0.15, 0.2) is 36.5 Å². The van der Waals surface area contributed by atoms with Gasteiger partial charge in [-0.05, 0) is 67.3 Å². The van der Waals surface area contributed by atoms with Crippen molar-refractivity contribution < 1.29 is 14.3 Å². The van der Waals surface area contributed by atoms with Gasteiger partial charge in [0.25, 0.3) is 0 Å². The number of aromatic nitrogens is 1. The third-order valence-electron chi connectivity index (χ3n) is 6.57. The molecule has 34 heavy (non-hydrogen) atoms. The van der Waals surface area contributed by atoms with E-state index in [4.69, 9.17) is 21.1 Å². The lowest BCUT2D eigenvalue weighted by Crippen LogP contribution is -2.41. The van der Waals surface area contributed by atoms with Crippen LogP contribution in [0.25, 0.3) is 0 Å². The summed E-state index contributed by atoms with van der Waals surface area (Å²) in [6, 6.07) is 10.6. The van der Waals surface area contributed by atoms with E-state index in [1.54, 1.807) is 6.20 Å². The molecule has 0 spiro atoms. The number of hydrogen-bond acceptors (Lipinski definition) is 6. The van der Waals surface area contributed by atoms with E-state index in [9.17, 15) is 4.79 Å². The summed E-state index contributed by atoms with van der Waals surface area (Å²) in [7, 11) is 3.24. The highest BCUT2D eigenvalue weighted by Gasteiger charge is 2.28. The number of carbonyl (C=O) groups excluding carboxylic acids is 1. The number of benzene rings is 1. The van der Waals surface area contributed by atoms with Crippen molar-refractivity contribution in [2.75, 3.05) is 31.0 Å². The van der Waals surface area contributed by atoms with Crippen LogP contribution in [0.5, 0.6) is 0 Å². The number of pyridine rings is 1. The van der Waals surface area contributed by atoms with Gasteiger partial charge < -0.3 is 19.7 Å². The molecule has 1 aliphatic rings. The second kappa shape index (κ2) is 12.4. The van der Waals surface area contributed by atoms with Crippen LogP contribution >= 0.6 is 11.6 Å². The second-order valence-corrected chi connectivity index (χ2v) is 10.1. The summed E-state index contributed by atoms with van der Waals surface area (Å²) >= 11 is 6.06. The van der Waals surface area contributed by atoms with Gasteiger partial charge in [-0.3, -0.25) is 4.79 Å². The van der Waals surface area contributed by atoms with E-state index in [0.717, 1.165) is 55.0 Å². The summed E-state index contributed by atoms with van der Waals surface area (Å²) < 4.78 is 10.5. The van der Waals surface area contributed by atoms with Crippen LogP contribution in [-0.4, -0.2) is 43.9 Å². The lowest BCUT2D eigenvalue weighted by molar-refractivity contribution is -0.140. The van der Waals surface area contributed by atoms with Crippen LogP contribution in [0.2, 0.25) is 5.02 Å². The first-order valence-electron chi connectivity index (χ1n) is 12.2. The summed E-state index contributed by atoms with van der Waals surface area (Å²) in [5.41, 5.74) is 3.22. The van der Waals surface area contributed by atoms with Gasteiger partial charge in [0.2, 0.25) is 0 Å². The van der Waals surface area contributed by atoms with Gasteiger partial charge in [0.05, 0.1) is 36.0 Å². The Morgan fingerprint density at radius 2 is 1.88 bits per heavy atom. The van der Waals surface area contributed by atoms with E-state index < -0.39 is 0 Å². The van der Waals surface area contributed by atoms with Gasteiger partial charge in [0, 0.05) is 25.9 Å². The van der Waals surface area contributed by atoms with E-state index in [-0.39, 0.29) is 11.9 Å². The Morgan fingerprint density at radius 1 is 1.15 bits per heavy atom. The summed E-state index contributed by atoms with van der Waals surface area (Å²) in [5.74, 6) is 1.08. The Hall–Kier alpha value is -2.31. The minimum Gasteiger partial charge on any atom is -0.469 e. The molecule has 1 fully saturated rings. The minimum atomic E-state index is -0.207. The van der Waals surface area contributed by atoms with Crippen LogP contribution in [0.1, 0.15) is 64.4 Å². The largest absolute Gasteiger partial charge is 0.469 e. The monoisotopic (exact) mass is 487 g/mol. The van der Waals surface area contributed by atoms with Gasteiger partial charge in [0.15, 0.2) is 0 Å². The molecule has 1 aliphatic carbocycles. The minimum absolute atomic E-state index is 0.0379. The number of nitrogens with zero attached hydrogens (tertiary/aromatic N) is 2. The number of methoxy groups -OCH3 is 2. The Bertz CT molecular complexity index is 927. The van der Waals surface area contributed by atoms with Crippen LogP contribution in [-0.2, 0) is 14.3 Å². The predicted octanol–water partition coefficient (Wildman–Crippen LogP) is 6.57. The first-order chi connectivity index (χ1) is 16.3. The van der Waals surface area contributed by atoms with E-state index in [0.29, 0.717) is 29.5 Å². The van der Waals surface area contributed by atoms with Crippen molar-refractivity contribution in [3.8, 4) is 0 Å². The fourth-order valence-electron chi connectivity index (χ4n) is 4.68. The summed E-state index contributed by atoms with van der Waals surface area (Å²) in [6.07, 6.45) is 6.69. The molecule has 0 amide bonds. The molecule has 0 saturated heterocycles. The zero-order chi connectivity index (χ0) is 24.7. The molecule has 0 bridgehead atoms. The third-order valence-corrected chi connectivity index (χ3v) is 6.79. The molecule has 2 aromatic rings. The van der Waals surface area contributed by atoms with Crippen molar-refractivity contribution in [2.45, 2.75) is 70.9 Å². The summed E-state index contributed by atoms with van der Waals surface area (Å²) in [5, 5.41) is 4.12. The second-order valence-electron chi connectivity index (χ2n) is 9.66. The zero-order valence-corrected chi connectivity index (χ0v) is 21.8. The average Bonchev–Trinajstić information content (AvgIpc) is 2.84. The Kier molecular flexibility index (Phi) is 9.60. The molecule has 3 rings (SSSR count). The quantitative estimate of drug-likeness (QED) is 0.382. The molecule has 1 heterocycles. The maximum atomic E-state index is 11.9. The number of rotatable bonds is 10. The molecule has 1 atom stereocenters. The number of halogens is 1. The van der Waals surface area contributed by atoms with Crippen molar-refractivity contribution in [3.05, 3.63) is 47.1 Å². The molecule has 6 nitrogen and oxygen atoms in total. The van der Waals surface area contributed by atoms with Crippen molar-refractivity contribution in [2.24, 2.45) is 5.92 Å². The SMILES string of the molecule is COC(=O)C[C@@H](C)c1ccc(N(CC(C)C)[C@H]2CC[C@@H](OC)CC2)c(Nc2ccc(Cl)cn2)c1. The predicted molar refractivity (Wildman–Crippen MR) is 139 cm³/mol. The van der Waals surface area contributed by atoms with Crippen LogP contribution in [0, 0.1) is 5.92 Å². The first-order valence-corrected chi connectivity index (χ1v) is 12.6. The molecule has 0 unspecified atom stereocenters. The lowest BCUT2D eigenvalue weighted by atomic mass is 9.90. The Balaban J connectivity index is 1.97. The molecular formula is C27H38ClN3O3. The topological polar surface area (TPSA) is 63.7 Å². The van der Waals surface area contributed by atoms with Crippen molar-refractivity contribution in [1.82, 2.24) is 4.98 Å². The third kappa shape index (κ3) is 7.09. The summed E-state index contributed by atoms with van der Waals surface area (Å²) in [4.78, 5) is 18.9. The number of anilines is 3. The highest BCUT2D eigenvalue weighted by atomic mass is 35.5. The molecule has 0 radical (unpaired) electrons. The molecule has 1 saturated carbocycles. The summed E-state index contributed by atoms with van der Waals surface area (Å²) in [6.45, 7) is 7.53. The number of nitrogens with one attached hydrogen (secondary N) is 1. The molecule has 7 heteroatoms. The number of esters is 1. The molecular weight excluding hydrogens is 450 g/mol. The molecule has 1 N–H and O–H groups in total. The molecule has 186 valence electrons. The van der Waals surface area contributed by atoms with Crippen molar-refractivity contribution >= 4 is 34.8 Å². The fraction of sp³-hybridized carbons (Fsp3) is 0.556. The van der Waals surface area contributed by atoms with Gasteiger partial charge >= 0.3 is 5.97 Å². The molecule has 1 aromatic carbocycles. The maximum Gasteiger partial charge on any atom is 0.306 e. The standard InChI is InChI=1S/C27H38ClN3O3/c1-18(2)17-31(22-8-10-23(33-4)11-9-22)25-12-6-20(19(3)14-27(32)34-5)15-24(25)30-26-13-7-21(28)16-29-26/h6-7,12-13,15-16,18-19,22-23H,8-11,14,17H2,1-5H3,(H,29,30)/t19-,22-,23+/m1/s1. The Morgan fingerprint density at radius 3 is 2.47 bits per heavy atom. The zero-order valence-electron chi connectivity index (χ0n) is 21.0. The average molecular weight is 488 g/mol. The highest BCUT2D eigenvalue weighted by Crippen LogP contribution is 2.37. The van der Waals surface area contributed by atoms with E-state index in [1.165, 1.54) is 7.11 Å². The number of carbonyl (C=O) groups is 1. The maximum absolute atomic E-state index is 11.9. The van der Waals surface area contributed by atoms with Crippen LogP contribution in [0.4, 0.5) is 17.2 Å². The normalized spacial score (nSPS) is 19.0. The van der Waals surface area contributed by atoms with Gasteiger partial charge in [-0.15, -0.1) is 0 Å². The van der Waals surface area contributed by atoms with Crippen molar-refractivity contribution in [3.63, 3.8) is 0 Å². The van der Waals surface area contributed by atoms with Gasteiger partial charge in [0.1, 0.15) is 5.82 Å². The number of ether oxygens (including phenoxy) is 2. The first kappa shape index (κ1) is 26.3. The van der Waals surface area contributed by atoms with Gasteiger partial charge in [-0.1, -0.05) is 38.4 Å². The van der Waals surface area contributed by atoms with Crippen LogP contribution in [0.3, 0.4) is 0 Å². The lowest BCUT2D eigenvalue weighted by Gasteiger charge is -2.40. The van der Waals surface area contributed by atoms with Gasteiger partial charge in [-0.2, -0.15) is 0 Å². The van der Waals surface area contributed by atoms with Gasteiger partial charge in [-0.25, -0.2) is 4.98 Å². The molecule has 1 aromatic heterocycles. The smallest absolute Gasteiger partial charge is 0.306 e. The Labute approximate surface area is 209 Å². The van der Waals surface area contributed by atoms with Crippen LogP contribution < -0.4 is 10.2 Å². The van der Waals surface area contributed by atoms with E-state index in [2.05, 4.69) is 47.2 Å². The van der Waals surface area contributed by atoms with E-state index >= 15 is 0 Å². The number of hydrogen-bond donors (Lipinski definition) is 1. The van der Waals surface area contributed by atoms with Crippen molar-refractivity contribution in [1.29, 1.82) is 0 Å².